The molecule has 14 aromatic rings. The summed E-state index contributed by atoms with van der Waals surface area (Å²) in [6.45, 7) is 0. The van der Waals surface area contributed by atoms with E-state index in [0.29, 0.717) is 17.6 Å². The van der Waals surface area contributed by atoms with Crippen molar-refractivity contribution in [3.63, 3.8) is 0 Å². The van der Waals surface area contributed by atoms with E-state index < -0.39 is 0 Å². The van der Waals surface area contributed by atoms with Gasteiger partial charge >= 0.3 is 0 Å². The van der Waals surface area contributed by atoms with E-state index in [4.69, 9.17) is 15.0 Å². The first kappa shape index (κ1) is 38.8. The highest BCUT2D eigenvalue weighted by Crippen LogP contribution is 2.45. The zero-order valence-electron chi connectivity index (χ0n) is 37.3. The summed E-state index contributed by atoms with van der Waals surface area (Å²) in [5.41, 5.74) is 15.1. The van der Waals surface area contributed by atoms with Gasteiger partial charge in [-0.05, 0) is 64.7 Å². The summed E-state index contributed by atoms with van der Waals surface area (Å²) in [5, 5.41) is 6.99. The Labute approximate surface area is 397 Å². The second kappa shape index (κ2) is 15.6. The van der Waals surface area contributed by atoms with Gasteiger partial charge in [-0.3, -0.25) is 4.57 Å². The number of rotatable bonds is 7. The van der Waals surface area contributed by atoms with Crippen LogP contribution in [-0.4, -0.2) is 28.7 Å². The molecule has 4 aromatic heterocycles. The predicted molar refractivity (Wildman–Crippen MR) is 285 cm³/mol. The maximum absolute atomic E-state index is 5.48. The summed E-state index contributed by atoms with van der Waals surface area (Å²) in [5.74, 6) is 1.72. The first-order valence-corrected chi connectivity index (χ1v) is 23.4. The molecule has 69 heavy (non-hydrogen) atoms. The van der Waals surface area contributed by atoms with Crippen LogP contribution < -0.4 is 0 Å². The third-order valence-corrected chi connectivity index (χ3v) is 13.7. The first-order valence-electron chi connectivity index (χ1n) is 23.4. The van der Waals surface area contributed by atoms with Crippen molar-refractivity contribution in [3.05, 3.63) is 243 Å². The summed E-state index contributed by atoms with van der Waals surface area (Å²) in [7, 11) is 0. The second-order valence-corrected chi connectivity index (χ2v) is 17.6. The Balaban J connectivity index is 1.11. The molecule has 14 rings (SSSR count). The lowest BCUT2D eigenvalue weighted by atomic mass is 9.99. The Kier molecular flexibility index (Phi) is 8.79. The molecular formula is C63H40N6. The fraction of sp³-hybridized carbons (Fsp3) is 0. The highest BCUT2D eigenvalue weighted by molar-refractivity contribution is 6.20. The summed E-state index contributed by atoms with van der Waals surface area (Å²) in [6, 6.07) is 86.2. The van der Waals surface area contributed by atoms with Crippen molar-refractivity contribution < 1.29 is 0 Å². The van der Waals surface area contributed by atoms with Crippen LogP contribution in [0.4, 0.5) is 0 Å². The third-order valence-electron chi connectivity index (χ3n) is 13.7. The van der Waals surface area contributed by atoms with Crippen LogP contribution in [0.25, 0.3) is 128 Å². The molecule has 0 aliphatic rings. The molecule has 0 spiro atoms. The SMILES string of the molecule is c1ccc(-c2ccc(-c3nc(-c4ccccc4)nc(-n4c5cccc(-n6c7ccccc7c7c(-c8ccccc8)cccc76)c5c5cccc(-n6c7ccccc7c7ccccc76)c54)n3)cc2)cc1. The molecule has 6 heteroatoms. The van der Waals surface area contributed by atoms with Crippen molar-refractivity contribution in [2.24, 2.45) is 0 Å². The van der Waals surface area contributed by atoms with Gasteiger partial charge in [0.2, 0.25) is 5.95 Å². The number of hydrogen-bond donors (Lipinski definition) is 0. The molecular weight excluding hydrogens is 841 g/mol. The van der Waals surface area contributed by atoms with E-state index in [1.165, 1.54) is 32.7 Å². The van der Waals surface area contributed by atoms with Gasteiger partial charge in [0, 0.05) is 43.4 Å². The normalized spacial score (nSPS) is 11.8. The Morgan fingerprint density at radius 2 is 0.667 bits per heavy atom. The minimum atomic E-state index is 0.532. The lowest BCUT2D eigenvalue weighted by Gasteiger charge is -2.15. The highest BCUT2D eigenvalue weighted by atomic mass is 15.2. The molecule has 10 aromatic carbocycles. The molecule has 0 amide bonds. The maximum Gasteiger partial charge on any atom is 0.238 e. The summed E-state index contributed by atoms with van der Waals surface area (Å²) in [4.78, 5) is 16.1. The summed E-state index contributed by atoms with van der Waals surface area (Å²) >= 11 is 0. The number of nitrogens with zero attached hydrogens (tertiary/aromatic N) is 6. The van der Waals surface area contributed by atoms with Crippen LogP contribution in [0.3, 0.4) is 0 Å². The van der Waals surface area contributed by atoms with Crippen LogP contribution in [0, 0.1) is 0 Å². The molecule has 322 valence electrons. The minimum absolute atomic E-state index is 0.532. The van der Waals surface area contributed by atoms with Gasteiger partial charge in [0.15, 0.2) is 11.6 Å². The number of hydrogen-bond acceptors (Lipinski definition) is 3. The molecule has 0 aliphatic carbocycles. The summed E-state index contributed by atoms with van der Waals surface area (Å²) < 4.78 is 7.16. The van der Waals surface area contributed by atoms with Gasteiger partial charge in [-0.25, -0.2) is 4.98 Å². The molecule has 0 aliphatic heterocycles. The number of fused-ring (bicyclic) bond motifs is 9. The van der Waals surface area contributed by atoms with Gasteiger partial charge in [-0.15, -0.1) is 0 Å². The van der Waals surface area contributed by atoms with E-state index >= 15 is 0 Å². The largest absolute Gasteiger partial charge is 0.309 e. The fourth-order valence-electron chi connectivity index (χ4n) is 10.7. The lowest BCUT2D eigenvalue weighted by molar-refractivity contribution is 0.949. The lowest BCUT2D eigenvalue weighted by Crippen LogP contribution is -2.08. The quantitative estimate of drug-likeness (QED) is 0.160. The van der Waals surface area contributed by atoms with E-state index in [-0.39, 0.29) is 0 Å². The highest BCUT2D eigenvalue weighted by Gasteiger charge is 2.26. The Morgan fingerprint density at radius 3 is 1.32 bits per heavy atom. The fourth-order valence-corrected chi connectivity index (χ4v) is 10.7. The van der Waals surface area contributed by atoms with Crippen molar-refractivity contribution in [1.82, 2.24) is 28.7 Å². The van der Waals surface area contributed by atoms with E-state index in [0.717, 1.165) is 77.5 Å². The molecule has 0 atom stereocenters. The monoisotopic (exact) mass is 880 g/mol. The van der Waals surface area contributed by atoms with Gasteiger partial charge in [0.25, 0.3) is 0 Å². The van der Waals surface area contributed by atoms with Crippen LogP contribution in [0.5, 0.6) is 0 Å². The van der Waals surface area contributed by atoms with Crippen LogP contribution in [0.1, 0.15) is 0 Å². The third kappa shape index (κ3) is 6.09. The zero-order chi connectivity index (χ0) is 45.4. The average molecular weight is 881 g/mol. The van der Waals surface area contributed by atoms with Crippen LogP contribution in [-0.2, 0) is 0 Å². The van der Waals surface area contributed by atoms with Crippen molar-refractivity contribution in [3.8, 4) is 62.4 Å². The van der Waals surface area contributed by atoms with Crippen molar-refractivity contribution in [2.45, 2.75) is 0 Å². The van der Waals surface area contributed by atoms with Crippen molar-refractivity contribution in [1.29, 1.82) is 0 Å². The zero-order valence-corrected chi connectivity index (χ0v) is 37.3. The van der Waals surface area contributed by atoms with Crippen molar-refractivity contribution >= 4 is 65.4 Å². The Bertz CT molecular complexity index is 4230. The first-order chi connectivity index (χ1) is 34.3. The van der Waals surface area contributed by atoms with Crippen LogP contribution >= 0.6 is 0 Å². The van der Waals surface area contributed by atoms with Crippen LogP contribution in [0.15, 0.2) is 243 Å². The Hall–Kier alpha value is -9.39. The maximum atomic E-state index is 5.48. The average Bonchev–Trinajstić information content (AvgIpc) is 4.08. The van der Waals surface area contributed by atoms with E-state index in [1.54, 1.807) is 0 Å². The molecule has 0 saturated carbocycles. The summed E-state index contributed by atoms with van der Waals surface area (Å²) in [6.07, 6.45) is 0. The molecule has 0 N–H and O–H groups in total. The van der Waals surface area contributed by atoms with E-state index in [2.05, 4.69) is 232 Å². The van der Waals surface area contributed by atoms with E-state index in [9.17, 15) is 0 Å². The number of para-hydroxylation sites is 4. The predicted octanol–water partition coefficient (Wildman–Crippen LogP) is 15.8. The molecule has 0 bridgehead atoms. The van der Waals surface area contributed by atoms with Gasteiger partial charge in [0.1, 0.15) is 0 Å². The second-order valence-electron chi connectivity index (χ2n) is 17.6. The Morgan fingerprint density at radius 1 is 0.246 bits per heavy atom. The van der Waals surface area contributed by atoms with Gasteiger partial charge in [-0.2, -0.15) is 9.97 Å². The smallest absolute Gasteiger partial charge is 0.238 e. The molecule has 4 heterocycles. The standard InChI is InChI=1S/C63H40N6/c1-4-19-41(20-5-1)42-37-39-45(40-38-42)62-64-61(44-23-8-3-9-24-44)65-63(66-62)69-56-35-18-34-55(68-53-32-15-12-27-49(53)58-46(28-16-33-54(58)68)43-21-6-2-7-22-43)59(56)50-29-17-36-57(60(50)69)67-51-30-13-10-25-47(51)48-26-11-14-31-52(48)67/h1-40H. The van der Waals surface area contributed by atoms with E-state index in [1.807, 2.05) is 24.3 Å². The topological polar surface area (TPSA) is 53.5 Å². The molecule has 0 radical (unpaired) electrons. The van der Waals surface area contributed by atoms with Crippen molar-refractivity contribution in [2.75, 3.05) is 0 Å². The van der Waals surface area contributed by atoms with Gasteiger partial charge < -0.3 is 9.13 Å². The van der Waals surface area contributed by atoms with Gasteiger partial charge in [0.05, 0.1) is 44.5 Å². The molecule has 6 nitrogen and oxygen atoms in total. The number of aromatic nitrogens is 6. The molecule has 0 saturated heterocycles. The number of benzene rings is 10. The van der Waals surface area contributed by atoms with Crippen LogP contribution in [0.2, 0.25) is 0 Å². The molecule has 0 fully saturated rings. The molecule has 0 unspecified atom stereocenters. The minimum Gasteiger partial charge on any atom is -0.309 e. The van der Waals surface area contributed by atoms with Gasteiger partial charge in [-0.1, -0.05) is 200 Å².